The van der Waals surface area contributed by atoms with Crippen LogP contribution in [0.2, 0.25) is 0 Å². The highest BCUT2D eigenvalue weighted by atomic mass is 16.5. The molecule has 2 amide bonds. The Morgan fingerprint density at radius 2 is 2.00 bits per heavy atom. The fourth-order valence-corrected chi connectivity index (χ4v) is 6.24. The molecular weight excluding hydrogens is 414 g/mol. The molecule has 6 nitrogen and oxygen atoms in total. The van der Waals surface area contributed by atoms with Gasteiger partial charge in [0.25, 0.3) is 5.91 Å². The molecule has 0 spiro atoms. The first-order valence-corrected chi connectivity index (χ1v) is 12.6. The molecule has 5 rings (SSSR count). The summed E-state index contributed by atoms with van der Waals surface area (Å²) in [5.74, 6) is 0.462. The van der Waals surface area contributed by atoms with Gasteiger partial charge in [0.2, 0.25) is 5.91 Å². The number of nitrogens with zero attached hydrogens (tertiary/aromatic N) is 1. The first-order chi connectivity index (χ1) is 15.8. The highest BCUT2D eigenvalue weighted by Gasteiger charge is 2.40. The predicted octanol–water partition coefficient (Wildman–Crippen LogP) is 3.69. The van der Waals surface area contributed by atoms with Gasteiger partial charge >= 0.3 is 0 Å². The number of rotatable bonds is 5. The van der Waals surface area contributed by atoms with Gasteiger partial charge in [-0.25, -0.2) is 0 Å². The fourth-order valence-electron chi connectivity index (χ4n) is 6.24. The van der Waals surface area contributed by atoms with Crippen molar-refractivity contribution in [3.8, 4) is 0 Å². The smallest absolute Gasteiger partial charge is 0.255 e. The van der Waals surface area contributed by atoms with Crippen molar-refractivity contribution in [1.29, 1.82) is 0 Å². The van der Waals surface area contributed by atoms with Gasteiger partial charge in [-0.2, -0.15) is 0 Å². The molecule has 1 aromatic rings. The summed E-state index contributed by atoms with van der Waals surface area (Å²) in [7, 11) is 0. The second-order valence-corrected chi connectivity index (χ2v) is 10.9. The number of amides is 2. The Kier molecular flexibility index (Phi) is 6.08. The first-order valence-electron chi connectivity index (χ1n) is 12.6. The zero-order chi connectivity index (χ0) is 23.2. The van der Waals surface area contributed by atoms with Crippen LogP contribution in [0.3, 0.4) is 0 Å². The minimum absolute atomic E-state index is 0.0233. The van der Waals surface area contributed by atoms with Crippen molar-refractivity contribution in [2.24, 2.45) is 5.92 Å². The van der Waals surface area contributed by atoms with E-state index in [-0.39, 0.29) is 17.4 Å². The zero-order valence-electron chi connectivity index (χ0n) is 20.0. The van der Waals surface area contributed by atoms with Gasteiger partial charge in [-0.05, 0) is 75.5 Å². The fraction of sp³-hybridized carbons (Fsp3) is 0.630. The van der Waals surface area contributed by atoms with E-state index in [1.807, 2.05) is 6.07 Å². The van der Waals surface area contributed by atoms with E-state index in [2.05, 4.69) is 43.2 Å². The number of fused-ring (bicyclic) bond motifs is 1. The average molecular weight is 452 g/mol. The predicted molar refractivity (Wildman–Crippen MR) is 128 cm³/mol. The molecule has 4 aliphatic rings. The van der Waals surface area contributed by atoms with Crippen molar-refractivity contribution in [2.45, 2.75) is 95.5 Å². The molecule has 1 aliphatic carbocycles. The lowest BCUT2D eigenvalue weighted by Gasteiger charge is -2.37. The van der Waals surface area contributed by atoms with Crippen LogP contribution in [0, 0.1) is 5.92 Å². The molecule has 2 N–H and O–H groups in total. The lowest BCUT2D eigenvalue weighted by molar-refractivity contribution is -0.126. The Balaban J connectivity index is 1.27. The quantitative estimate of drug-likeness (QED) is 0.716. The van der Waals surface area contributed by atoms with E-state index >= 15 is 0 Å². The number of benzene rings is 1. The van der Waals surface area contributed by atoms with E-state index in [1.165, 1.54) is 31.2 Å². The summed E-state index contributed by atoms with van der Waals surface area (Å²) in [6, 6.07) is 6.83. The first kappa shape index (κ1) is 22.6. The van der Waals surface area contributed by atoms with Gasteiger partial charge in [0.05, 0.1) is 5.60 Å². The van der Waals surface area contributed by atoms with E-state index in [0.717, 1.165) is 42.7 Å². The number of nitrogens with one attached hydrogen (secondary N) is 2. The summed E-state index contributed by atoms with van der Waals surface area (Å²) in [6.45, 7) is 9.60. The van der Waals surface area contributed by atoms with Gasteiger partial charge in [0, 0.05) is 36.5 Å². The summed E-state index contributed by atoms with van der Waals surface area (Å²) in [6.07, 6.45) is 8.50. The third kappa shape index (κ3) is 4.47. The standard InChI is InChI=1S/C27H37N3O3/c1-17-8-11-23(25(31)28-17)30-16-20-15-18(9-10-21(20)26(30)32)14-19-6-4-5-7-22(19)29-24-12-13-33-27(24,2)3/h9-10,15,19,22-24,29H,1,4-8,11-14,16H2,2-3H3,(H,28,31)/t19-,22+,23?,24+/m1/s1. The number of hydrogen-bond donors (Lipinski definition) is 2. The minimum atomic E-state index is -0.400. The van der Waals surface area contributed by atoms with Crippen LogP contribution in [-0.2, 0) is 22.5 Å². The highest BCUT2D eigenvalue weighted by Crippen LogP contribution is 2.34. The molecule has 0 radical (unpaired) electrons. The molecule has 1 saturated carbocycles. The van der Waals surface area contributed by atoms with Crippen LogP contribution in [0.15, 0.2) is 30.5 Å². The van der Waals surface area contributed by atoms with Crippen LogP contribution in [0.1, 0.15) is 80.3 Å². The molecule has 4 atom stereocenters. The third-order valence-electron chi connectivity index (χ3n) is 8.24. The molecule has 2 saturated heterocycles. The minimum Gasteiger partial charge on any atom is -0.374 e. The van der Waals surface area contributed by atoms with Crippen molar-refractivity contribution in [3.05, 3.63) is 47.2 Å². The second kappa shape index (κ2) is 8.88. The largest absolute Gasteiger partial charge is 0.374 e. The SMILES string of the molecule is C=C1CCC(N2Cc3cc(C[C@H]4CCCC[C@@H]4N[C@H]4CCOC4(C)C)ccc3C2=O)C(=O)N1. The zero-order valence-corrected chi connectivity index (χ0v) is 20.0. The maximum Gasteiger partial charge on any atom is 0.255 e. The number of hydrogen-bond acceptors (Lipinski definition) is 4. The van der Waals surface area contributed by atoms with Gasteiger partial charge in [-0.1, -0.05) is 31.6 Å². The Bertz CT molecular complexity index is 956. The summed E-state index contributed by atoms with van der Waals surface area (Å²) < 4.78 is 5.95. The summed E-state index contributed by atoms with van der Waals surface area (Å²) in [5, 5.41) is 6.77. The Labute approximate surface area is 197 Å². The highest BCUT2D eigenvalue weighted by molar-refractivity contribution is 6.01. The Hall–Kier alpha value is -2.18. The molecule has 3 fully saturated rings. The molecule has 1 aromatic carbocycles. The van der Waals surface area contributed by atoms with Crippen LogP contribution < -0.4 is 10.6 Å². The monoisotopic (exact) mass is 451 g/mol. The number of allylic oxidation sites excluding steroid dienone is 1. The van der Waals surface area contributed by atoms with Crippen LogP contribution >= 0.6 is 0 Å². The van der Waals surface area contributed by atoms with E-state index in [1.54, 1.807) is 4.90 Å². The molecule has 6 heteroatoms. The summed E-state index contributed by atoms with van der Waals surface area (Å²) >= 11 is 0. The molecule has 33 heavy (non-hydrogen) atoms. The summed E-state index contributed by atoms with van der Waals surface area (Å²) in [5.41, 5.74) is 3.74. The Morgan fingerprint density at radius 3 is 2.76 bits per heavy atom. The lowest BCUT2D eigenvalue weighted by Crippen LogP contribution is -2.51. The van der Waals surface area contributed by atoms with Crippen molar-refractivity contribution in [2.75, 3.05) is 6.61 Å². The normalized spacial score (nSPS) is 31.6. The van der Waals surface area contributed by atoms with E-state index in [4.69, 9.17) is 4.74 Å². The van der Waals surface area contributed by atoms with Crippen LogP contribution in [0.25, 0.3) is 0 Å². The van der Waals surface area contributed by atoms with Gasteiger partial charge in [-0.3, -0.25) is 9.59 Å². The van der Waals surface area contributed by atoms with Gasteiger partial charge < -0.3 is 20.3 Å². The van der Waals surface area contributed by atoms with Crippen LogP contribution in [-0.4, -0.2) is 47.0 Å². The topological polar surface area (TPSA) is 70.7 Å². The van der Waals surface area contributed by atoms with E-state index in [0.29, 0.717) is 31.0 Å². The van der Waals surface area contributed by atoms with Crippen molar-refractivity contribution in [1.82, 2.24) is 15.5 Å². The van der Waals surface area contributed by atoms with Gasteiger partial charge in [-0.15, -0.1) is 0 Å². The molecule has 1 unspecified atom stereocenters. The molecule has 0 aromatic heterocycles. The number of carbonyl (C=O) groups excluding carboxylic acids is 2. The third-order valence-corrected chi connectivity index (χ3v) is 8.24. The molecule has 3 heterocycles. The van der Waals surface area contributed by atoms with E-state index in [9.17, 15) is 9.59 Å². The second-order valence-electron chi connectivity index (χ2n) is 10.9. The van der Waals surface area contributed by atoms with Gasteiger partial charge in [0.1, 0.15) is 6.04 Å². The Morgan fingerprint density at radius 1 is 1.18 bits per heavy atom. The van der Waals surface area contributed by atoms with Crippen molar-refractivity contribution < 1.29 is 14.3 Å². The number of carbonyl (C=O) groups is 2. The van der Waals surface area contributed by atoms with Gasteiger partial charge in [0.15, 0.2) is 0 Å². The molecule has 3 aliphatic heterocycles. The van der Waals surface area contributed by atoms with Crippen molar-refractivity contribution in [3.63, 3.8) is 0 Å². The average Bonchev–Trinajstić information content (AvgIpc) is 3.28. The molecular formula is C27H37N3O3. The van der Waals surface area contributed by atoms with Crippen LogP contribution in [0.5, 0.6) is 0 Å². The van der Waals surface area contributed by atoms with Crippen molar-refractivity contribution >= 4 is 11.8 Å². The maximum absolute atomic E-state index is 13.0. The summed E-state index contributed by atoms with van der Waals surface area (Å²) in [4.78, 5) is 27.2. The number of piperidine rings is 1. The molecule has 0 bridgehead atoms. The number of ether oxygens (including phenoxy) is 1. The molecule has 178 valence electrons. The van der Waals surface area contributed by atoms with E-state index < -0.39 is 6.04 Å². The van der Waals surface area contributed by atoms with Crippen LogP contribution in [0.4, 0.5) is 0 Å². The lowest BCUT2D eigenvalue weighted by atomic mass is 9.79. The maximum atomic E-state index is 13.0.